The van der Waals surface area contributed by atoms with Gasteiger partial charge in [0.15, 0.2) is 0 Å². The molecule has 0 aromatic rings. The van der Waals surface area contributed by atoms with E-state index in [0.29, 0.717) is 23.0 Å². The summed E-state index contributed by atoms with van der Waals surface area (Å²) in [5, 5.41) is 0. The largest absolute Gasteiger partial charge is 0.463 e. The van der Waals surface area contributed by atoms with Gasteiger partial charge in [0.25, 0.3) is 0 Å². The maximum absolute atomic E-state index is 13.5. The highest BCUT2D eigenvalue weighted by molar-refractivity contribution is 5.83. The van der Waals surface area contributed by atoms with E-state index < -0.39 is 0 Å². The number of Topliss-reactive ketones (excluding diaryl/α,β-unsaturated/α-hetero) is 1. The van der Waals surface area contributed by atoms with Crippen LogP contribution in [0.5, 0.6) is 0 Å². The molecular formula is C29H48O3. The van der Waals surface area contributed by atoms with E-state index >= 15 is 0 Å². The van der Waals surface area contributed by atoms with Crippen LogP contribution < -0.4 is 0 Å². The summed E-state index contributed by atoms with van der Waals surface area (Å²) in [5.74, 6) is 4.81. The zero-order valence-corrected chi connectivity index (χ0v) is 21.6. The molecule has 182 valence electrons. The summed E-state index contributed by atoms with van der Waals surface area (Å²) in [5.41, 5.74) is 0.537. The topological polar surface area (TPSA) is 43.4 Å². The molecule has 0 radical (unpaired) electrons. The zero-order chi connectivity index (χ0) is 23.3. The summed E-state index contributed by atoms with van der Waals surface area (Å²) in [6.07, 6.45) is 12.9. The number of ether oxygens (including phenoxy) is 1. The minimum atomic E-state index is -0.201. The van der Waals surface area contributed by atoms with Crippen molar-refractivity contribution in [3.63, 3.8) is 0 Å². The smallest absolute Gasteiger partial charge is 0.302 e. The van der Waals surface area contributed by atoms with Gasteiger partial charge in [0.05, 0.1) is 0 Å². The summed E-state index contributed by atoms with van der Waals surface area (Å²) < 4.78 is 5.55. The third-order valence-corrected chi connectivity index (χ3v) is 10.9. The fraction of sp³-hybridized carbons (Fsp3) is 0.931. The van der Waals surface area contributed by atoms with Crippen molar-refractivity contribution in [3.05, 3.63) is 0 Å². The molecule has 9 atom stereocenters. The molecule has 0 N–H and O–H groups in total. The summed E-state index contributed by atoms with van der Waals surface area (Å²) in [7, 11) is 0. The van der Waals surface area contributed by atoms with E-state index in [0.717, 1.165) is 49.4 Å². The highest BCUT2D eigenvalue weighted by Crippen LogP contribution is 2.68. The van der Waals surface area contributed by atoms with Crippen molar-refractivity contribution in [2.45, 2.75) is 118 Å². The van der Waals surface area contributed by atoms with Crippen LogP contribution in [0.2, 0.25) is 0 Å². The molecule has 4 fully saturated rings. The Morgan fingerprint density at radius 1 is 1.00 bits per heavy atom. The second-order valence-electron chi connectivity index (χ2n) is 13.1. The standard InChI is InChI=1S/C29H48O3/c1-18(2)8-7-9-19(3)23-10-11-24-22-17-27(31)26-16-21(32-20(4)30)12-14-29(26,6)25(22)13-15-28(23,24)5/h18-19,21-26H,7-17H2,1-6H3/t19-,21+,22?,23-,24?,25?,26-,28-,29-/m1/s1. The Bertz CT molecular complexity index is 713. The molecule has 3 unspecified atom stereocenters. The Hall–Kier alpha value is -0.860. The van der Waals surface area contributed by atoms with Crippen molar-refractivity contribution >= 4 is 11.8 Å². The average molecular weight is 445 g/mol. The number of ketones is 1. The van der Waals surface area contributed by atoms with Crippen molar-refractivity contribution in [1.82, 2.24) is 0 Å². The van der Waals surface area contributed by atoms with Crippen LogP contribution in [-0.4, -0.2) is 17.9 Å². The monoisotopic (exact) mass is 444 g/mol. The molecule has 0 amide bonds. The first-order chi connectivity index (χ1) is 15.1. The van der Waals surface area contributed by atoms with Gasteiger partial charge in [-0.2, -0.15) is 0 Å². The maximum Gasteiger partial charge on any atom is 0.302 e. The number of hydrogen-bond donors (Lipinski definition) is 0. The fourth-order valence-electron chi connectivity index (χ4n) is 9.37. The van der Waals surface area contributed by atoms with Crippen molar-refractivity contribution in [2.75, 3.05) is 0 Å². The molecule has 0 spiro atoms. The lowest BCUT2D eigenvalue weighted by Gasteiger charge is -2.60. The van der Waals surface area contributed by atoms with Crippen molar-refractivity contribution in [2.24, 2.45) is 52.3 Å². The van der Waals surface area contributed by atoms with Crippen LogP contribution >= 0.6 is 0 Å². The lowest BCUT2D eigenvalue weighted by Crippen LogP contribution is -2.57. The third-order valence-electron chi connectivity index (χ3n) is 10.9. The molecule has 0 aromatic heterocycles. The van der Waals surface area contributed by atoms with Crippen LogP contribution in [0.15, 0.2) is 0 Å². The molecule has 32 heavy (non-hydrogen) atoms. The molecule has 0 aliphatic heterocycles. The minimum absolute atomic E-state index is 0.0533. The molecule has 4 aliphatic rings. The second-order valence-corrected chi connectivity index (χ2v) is 13.1. The number of fused-ring (bicyclic) bond motifs is 5. The van der Waals surface area contributed by atoms with Gasteiger partial charge in [-0.15, -0.1) is 0 Å². The van der Waals surface area contributed by atoms with Gasteiger partial charge in [0.2, 0.25) is 0 Å². The normalized spacial score (nSPS) is 44.5. The Balaban J connectivity index is 1.48. The van der Waals surface area contributed by atoms with E-state index in [2.05, 4.69) is 34.6 Å². The van der Waals surface area contributed by atoms with E-state index in [1.165, 1.54) is 51.9 Å². The van der Waals surface area contributed by atoms with Gasteiger partial charge in [0, 0.05) is 19.3 Å². The van der Waals surface area contributed by atoms with Gasteiger partial charge in [-0.1, -0.05) is 53.9 Å². The number of carbonyl (C=O) groups excluding carboxylic acids is 2. The van der Waals surface area contributed by atoms with Crippen LogP contribution in [0.3, 0.4) is 0 Å². The number of esters is 1. The van der Waals surface area contributed by atoms with Crippen LogP contribution in [0.1, 0.15) is 112 Å². The molecular weight excluding hydrogens is 396 g/mol. The second kappa shape index (κ2) is 9.06. The van der Waals surface area contributed by atoms with Gasteiger partial charge in [0.1, 0.15) is 11.9 Å². The molecule has 0 aromatic carbocycles. The Morgan fingerprint density at radius 2 is 1.69 bits per heavy atom. The van der Waals surface area contributed by atoms with E-state index in [1.807, 2.05) is 0 Å². The first-order valence-electron chi connectivity index (χ1n) is 13.8. The molecule has 3 heteroatoms. The van der Waals surface area contributed by atoms with Gasteiger partial charge in [-0.25, -0.2) is 0 Å². The highest BCUT2D eigenvalue weighted by Gasteiger charge is 2.62. The lowest BCUT2D eigenvalue weighted by atomic mass is 9.44. The van der Waals surface area contributed by atoms with E-state index in [9.17, 15) is 9.59 Å². The van der Waals surface area contributed by atoms with Gasteiger partial charge >= 0.3 is 5.97 Å². The first kappa shape index (κ1) is 24.3. The van der Waals surface area contributed by atoms with Crippen molar-refractivity contribution in [1.29, 1.82) is 0 Å². The molecule has 0 heterocycles. The van der Waals surface area contributed by atoms with Crippen LogP contribution in [0, 0.1) is 52.3 Å². The quantitative estimate of drug-likeness (QED) is 0.406. The molecule has 3 nitrogen and oxygen atoms in total. The molecule has 4 rings (SSSR count). The van der Waals surface area contributed by atoms with Gasteiger partial charge in [-0.3, -0.25) is 9.59 Å². The Labute approximate surface area is 196 Å². The van der Waals surface area contributed by atoms with Crippen LogP contribution in [0.4, 0.5) is 0 Å². The number of hydrogen-bond acceptors (Lipinski definition) is 3. The zero-order valence-electron chi connectivity index (χ0n) is 21.6. The SMILES string of the molecule is CC(=O)O[C@H]1CC[C@]2(C)C3CC[C@@]4(C)C(CC[C@@H]4[C@H](C)CCCC(C)C)C3CC(=O)[C@H]2C1. The molecule has 4 aliphatic carbocycles. The predicted octanol–water partition coefficient (Wildman–Crippen LogP) is 7.22. The minimum Gasteiger partial charge on any atom is -0.463 e. The number of rotatable bonds is 6. The van der Waals surface area contributed by atoms with Gasteiger partial charge in [-0.05, 0) is 91.3 Å². The average Bonchev–Trinajstić information content (AvgIpc) is 3.06. The summed E-state index contributed by atoms with van der Waals surface area (Å²) >= 11 is 0. The molecule has 4 saturated carbocycles. The van der Waals surface area contributed by atoms with Gasteiger partial charge < -0.3 is 4.74 Å². The van der Waals surface area contributed by atoms with E-state index in [1.54, 1.807) is 0 Å². The van der Waals surface area contributed by atoms with E-state index in [4.69, 9.17) is 4.74 Å². The lowest BCUT2D eigenvalue weighted by molar-refractivity contribution is -0.169. The highest BCUT2D eigenvalue weighted by atomic mass is 16.5. The maximum atomic E-state index is 13.5. The molecule has 0 bridgehead atoms. The Morgan fingerprint density at radius 3 is 2.38 bits per heavy atom. The number of carbonyl (C=O) groups is 2. The van der Waals surface area contributed by atoms with Crippen LogP contribution in [-0.2, 0) is 14.3 Å². The molecule has 0 saturated heterocycles. The summed E-state index contributed by atoms with van der Waals surface area (Å²) in [6.45, 7) is 13.7. The first-order valence-corrected chi connectivity index (χ1v) is 13.8. The third kappa shape index (κ3) is 4.20. The van der Waals surface area contributed by atoms with E-state index in [-0.39, 0.29) is 23.4 Å². The van der Waals surface area contributed by atoms with Crippen LogP contribution in [0.25, 0.3) is 0 Å². The Kier molecular flexibility index (Phi) is 6.87. The fourth-order valence-corrected chi connectivity index (χ4v) is 9.37. The summed E-state index contributed by atoms with van der Waals surface area (Å²) in [6, 6.07) is 0. The predicted molar refractivity (Wildman–Crippen MR) is 129 cm³/mol. The van der Waals surface area contributed by atoms with Crippen molar-refractivity contribution < 1.29 is 14.3 Å². The van der Waals surface area contributed by atoms with Crippen molar-refractivity contribution in [3.8, 4) is 0 Å². The summed E-state index contributed by atoms with van der Waals surface area (Å²) in [4.78, 5) is 25.0.